The summed E-state index contributed by atoms with van der Waals surface area (Å²) in [5, 5.41) is 4.09. The van der Waals surface area contributed by atoms with Gasteiger partial charge in [-0.15, -0.1) is 0 Å². The zero-order chi connectivity index (χ0) is 17.9. The summed E-state index contributed by atoms with van der Waals surface area (Å²) in [6.45, 7) is 5.43. The minimum Gasteiger partial charge on any atom is -0.494 e. The van der Waals surface area contributed by atoms with Crippen LogP contribution in [0.2, 0.25) is 0 Å². The van der Waals surface area contributed by atoms with E-state index in [0.717, 1.165) is 12.1 Å². The maximum absolute atomic E-state index is 14.2. The van der Waals surface area contributed by atoms with Crippen LogP contribution in [0.25, 0.3) is 0 Å². The zero-order valence-corrected chi connectivity index (χ0v) is 15.1. The number of nitrogens with zero attached hydrogens (tertiary/aromatic N) is 2. The van der Waals surface area contributed by atoms with Crippen LogP contribution < -0.4 is 4.74 Å². The molecule has 1 aromatic carbocycles. The smallest absolute Gasteiger partial charge is 0.359 e. The van der Waals surface area contributed by atoms with E-state index in [1.54, 1.807) is 20.8 Å². The van der Waals surface area contributed by atoms with Gasteiger partial charge in [0, 0.05) is 23.3 Å². The fraction of sp³-hybridized carbons (Fsp3) is 0.375. The molecule has 0 amide bonds. The number of halogens is 3. The predicted octanol–water partition coefficient (Wildman–Crippen LogP) is 3.86. The maximum Gasteiger partial charge on any atom is 0.359 e. The van der Waals surface area contributed by atoms with Crippen molar-refractivity contribution < 1.29 is 23.0 Å². The van der Waals surface area contributed by atoms with Gasteiger partial charge in [0.1, 0.15) is 22.0 Å². The first-order valence-corrected chi connectivity index (χ1v) is 8.19. The lowest BCUT2D eigenvalue weighted by atomic mass is 10.2. The van der Waals surface area contributed by atoms with Gasteiger partial charge in [-0.2, -0.15) is 5.10 Å². The second-order valence-corrected chi connectivity index (χ2v) is 5.69. The summed E-state index contributed by atoms with van der Waals surface area (Å²) >= 11 is 3.29. The van der Waals surface area contributed by atoms with Crippen molar-refractivity contribution >= 4 is 21.9 Å². The van der Waals surface area contributed by atoms with Crippen molar-refractivity contribution in [3.63, 3.8) is 0 Å². The van der Waals surface area contributed by atoms with Crippen LogP contribution in [0.5, 0.6) is 5.75 Å². The van der Waals surface area contributed by atoms with Crippen LogP contribution in [0, 0.1) is 18.6 Å². The quantitative estimate of drug-likeness (QED) is 0.688. The number of rotatable bonds is 6. The Balaban J connectivity index is 2.35. The van der Waals surface area contributed by atoms with Gasteiger partial charge in [-0.1, -0.05) is 0 Å². The Morgan fingerprint density at radius 2 is 1.88 bits per heavy atom. The largest absolute Gasteiger partial charge is 0.494 e. The Hall–Kier alpha value is -1.96. The molecule has 2 aromatic rings. The van der Waals surface area contributed by atoms with Gasteiger partial charge in [0.15, 0.2) is 5.69 Å². The standard InChI is InChI=1S/C16H17BrF2N2O3/c1-4-23-10-6-12(18)11(13(19)7-10)8-21-15(17)9(3)14(20-21)16(22)24-5-2/h6-7H,4-5,8H2,1-3H3. The van der Waals surface area contributed by atoms with Crippen molar-refractivity contribution in [1.82, 2.24) is 9.78 Å². The first-order chi connectivity index (χ1) is 11.4. The second kappa shape index (κ2) is 7.74. The number of carbonyl (C=O) groups excluding carboxylic acids is 1. The number of ether oxygens (including phenoxy) is 2. The van der Waals surface area contributed by atoms with Crippen molar-refractivity contribution in [2.45, 2.75) is 27.3 Å². The van der Waals surface area contributed by atoms with Crippen molar-refractivity contribution in [1.29, 1.82) is 0 Å². The number of benzene rings is 1. The lowest BCUT2D eigenvalue weighted by molar-refractivity contribution is 0.0517. The first-order valence-electron chi connectivity index (χ1n) is 7.39. The molecule has 0 aliphatic carbocycles. The molecule has 0 saturated carbocycles. The van der Waals surface area contributed by atoms with Crippen LogP contribution in [0.3, 0.4) is 0 Å². The SMILES string of the molecule is CCOC(=O)c1nn(Cc2c(F)cc(OCC)cc2F)c(Br)c1C. The van der Waals surface area contributed by atoms with E-state index < -0.39 is 17.6 Å². The van der Waals surface area contributed by atoms with E-state index in [0.29, 0.717) is 16.8 Å². The van der Waals surface area contributed by atoms with Gasteiger partial charge < -0.3 is 9.47 Å². The van der Waals surface area contributed by atoms with E-state index >= 15 is 0 Å². The van der Waals surface area contributed by atoms with Gasteiger partial charge in [-0.25, -0.2) is 13.6 Å². The normalized spacial score (nSPS) is 10.8. The van der Waals surface area contributed by atoms with Crippen LogP contribution in [-0.2, 0) is 11.3 Å². The molecule has 1 aromatic heterocycles. The Bertz CT molecular complexity index is 739. The number of hydrogen-bond donors (Lipinski definition) is 0. The summed E-state index contributed by atoms with van der Waals surface area (Å²) in [6.07, 6.45) is 0. The molecule has 0 aliphatic rings. The first kappa shape index (κ1) is 18.4. The van der Waals surface area contributed by atoms with E-state index in [1.165, 1.54) is 4.68 Å². The van der Waals surface area contributed by atoms with Gasteiger partial charge >= 0.3 is 5.97 Å². The molecule has 0 saturated heterocycles. The summed E-state index contributed by atoms with van der Waals surface area (Å²) in [6, 6.07) is 2.25. The highest BCUT2D eigenvalue weighted by atomic mass is 79.9. The van der Waals surface area contributed by atoms with Crippen LogP contribution in [0.4, 0.5) is 8.78 Å². The van der Waals surface area contributed by atoms with Crippen LogP contribution in [0.1, 0.15) is 35.5 Å². The summed E-state index contributed by atoms with van der Waals surface area (Å²) < 4.78 is 40.1. The van der Waals surface area contributed by atoms with Gasteiger partial charge in [0.25, 0.3) is 0 Å². The number of aromatic nitrogens is 2. The molecule has 130 valence electrons. The molecule has 1 heterocycles. The molecular formula is C16H17BrF2N2O3. The van der Waals surface area contributed by atoms with E-state index in [1.807, 2.05) is 0 Å². The third kappa shape index (κ3) is 3.75. The highest BCUT2D eigenvalue weighted by molar-refractivity contribution is 9.10. The summed E-state index contributed by atoms with van der Waals surface area (Å²) in [5.74, 6) is -1.94. The van der Waals surface area contributed by atoms with E-state index in [4.69, 9.17) is 9.47 Å². The van der Waals surface area contributed by atoms with Gasteiger partial charge in [0.05, 0.1) is 19.8 Å². The molecule has 0 bridgehead atoms. The van der Waals surface area contributed by atoms with Crippen LogP contribution in [-0.4, -0.2) is 29.0 Å². The highest BCUT2D eigenvalue weighted by Crippen LogP contribution is 2.25. The van der Waals surface area contributed by atoms with Gasteiger partial charge in [0.2, 0.25) is 0 Å². The average molecular weight is 403 g/mol. The molecule has 0 radical (unpaired) electrons. The van der Waals surface area contributed by atoms with Crippen molar-refractivity contribution in [2.75, 3.05) is 13.2 Å². The van der Waals surface area contributed by atoms with Crippen LogP contribution in [0.15, 0.2) is 16.7 Å². The molecular weight excluding hydrogens is 386 g/mol. The fourth-order valence-corrected chi connectivity index (χ4v) is 2.55. The van der Waals surface area contributed by atoms with Crippen molar-refractivity contribution in [3.05, 3.63) is 45.2 Å². The van der Waals surface area contributed by atoms with E-state index in [-0.39, 0.29) is 30.2 Å². The monoisotopic (exact) mass is 402 g/mol. The Morgan fingerprint density at radius 3 is 2.42 bits per heavy atom. The minimum absolute atomic E-state index is 0.107. The second-order valence-electron chi connectivity index (χ2n) is 4.94. The minimum atomic E-state index is -0.740. The molecule has 24 heavy (non-hydrogen) atoms. The summed E-state index contributed by atoms with van der Waals surface area (Å²) in [4.78, 5) is 11.9. The van der Waals surface area contributed by atoms with Crippen molar-refractivity contribution in [3.8, 4) is 5.75 Å². The molecule has 0 N–H and O–H groups in total. The zero-order valence-electron chi connectivity index (χ0n) is 13.5. The average Bonchev–Trinajstić information content (AvgIpc) is 2.80. The van der Waals surface area contributed by atoms with E-state index in [2.05, 4.69) is 21.0 Å². The number of carbonyl (C=O) groups is 1. The van der Waals surface area contributed by atoms with Gasteiger partial charge in [-0.3, -0.25) is 4.68 Å². The summed E-state index contributed by atoms with van der Waals surface area (Å²) in [7, 11) is 0. The molecule has 8 heteroatoms. The molecule has 0 spiro atoms. The molecule has 2 rings (SSSR count). The number of hydrogen-bond acceptors (Lipinski definition) is 4. The predicted molar refractivity (Wildman–Crippen MR) is 87.2 cm³/mol. The Kier molecular flexibility index (Phi) is 5.93. The molecule has 0 aliphatic heterocycles. The number of esters is 1. The Morgan fingerprint density at radius 1 is 1.25 bits per heavy atom. The van der Waals surface area contributed by atoms with E-state index in [9.17, 15) is 13.6 Å². The third-order valence-corrected chi connectivity index (χ3v) is 4.32. The summed E-state index contributed by atoms with van der Waals surface area (Å²) in [5.41, 5.74) is 0.479. The third-order valence-electron chi connectivity index (χ3n) is 3.31. The van der Waals surface area contributed by atoms with Crippen molar-refractivity contribution in [2.24, 2.45) is 0 Å². The lowest BCUT2D eigenvalue weighted by Crippen LogP contribution is -2.10. The molecule has 5 nitrogen and oxygen atoms in total. The lowest BCUT2D eigenvalue weighted by Gasteiger charge is -2.09. The fourth-order valence-electron chi connectivity index (χ4n) is 2.16. The maximum atomic E-state index is 14.2. The molecule has 0 atom stereocenters. The van der Waals surface area contributed by atoms with Crippen LogP contribution >= 0.6 is 15.9 Å². The topological polar surface area (TPSA) is 53.3 Å². The Labute approximate surface area is 146 Å². The van der Waals surface area contributed by atoms with Gasteiger partial charge in [-0.05, 0) is 36.7 Å². The molecule has 0 unspecified atom stereocenters. The highest BCUT2D eigenvalue weighted by Gasteiger charge is 2.21. The molecule has 0 fully saturated rings.